The van der Waals surface area contributed by atoms with Gasteiger partial charge in [0.15, 0.2) is 0 Å². The zero-order valence-corrected chi connectivity index (χ0v) is 10.5. The van der Waals surface area contributed by atoms with Crippen LogP contribution < -0.4 is 0 Å². The lowest BCUT2D eigenvalue weighted by Crippen LogP contribution is -2.09. The van der Waals surface area contributed by atoms with Crippen LogP contribution in [0.5, 0.6) is 0 Å². The van der Waals surface area contributed by atoms with Gasteiger partial charge in [-0.3, -0.25) is 9.59 Å². The van der Waals surface area contributed by atoms with Crippen molar-refractivity contribution in [1.29, 1.82) is 0 Å². The molecule has 0 fully saturated rings. The minimum atomic E-state index is 0.0190. The van der Waals surface area contributed by atoms with Gasteiger partial charge in [-0.25, -0.2) is 0 Å². The van der Waals surface area contributed by atoms with E-state index in [0.29, 0.717) is 25.7 Å². The highest BCUT2D eigenvalue weighted by Crippen LogP contribution is 2.07. The van der Waals surface area contributed by atoms with Gasteiger partial charge in [-0.2, -0.15) is 0 Å². The second kappa shape index (κ2) is 8.20. The zero-order valence-electron chi connectivity index (χ0n) is 10.5. The molecule has 0 N–H and O–H groups in total. The molecule has 3 nitrogen and oxygen atoms in total. The molecule has 0 aliphatic rings. The minimum absolute atomic E-state index is 0.0190. The molecule has 0 aliphatic carbocycles. The van der Waals surface area contributed by atoms with Gasteiger partial charge in [-0.15, -0.1) is 0 Å². The fraction of sp³-hybridized carbons (Fsp3) is 0.769. The van der Waals surface area contributed by atoms with E-state index in [1.165, 1.54) is 0 Å². The van der Waals surface area contributed by atoms with Crippen LogP contribution >= 0.6 is 0 Å². The Hall–Kier alpha value is -0.990. The van der Waals surface area contributed by atoms with Crippen molar-refractivity contribution in [2.75, 3.05) is 0 Å². The van der Waals surface area contributed by atoms with E-state index in [4.69, 9.17) is 0 Å². The van der Waals surface area contributed by atoms with E-state index in [9.17, 15) is 14.4 Å². The molecule has 0 radical (unpaired) electrons. The predicted molar refractivity (Wildman–Crippen MR) is 63.2 cm³/mol. The normalized spacial score (nSPS) is 10.5. The van der Waals surface area contributed by atoms with Crippen molar-refractivity contribution < 1.29 is 14.4 Å². The number of Topliss-reactive ketones (excluding diaryl/α,β-unsaturated/α-hetero) is 3. The highest BCUT2D eigenvalue weighted by atomic mass is 16.1. The fourth-order valence-electron chi connectivity index (χ4n) is 1.37. The highest BCUT2D eigenvalue weighted by molar-refractivity contribution is 5.86. The molecule has 0 spiro atoms. The molecule has 0 heterocycles. The Balaban J connectivity index is 3.52. The Labute approximate surface area is 97.6 Å². The third-order valence-electron chi connectivity index (χ3n) is 2.53. The molecule has 0 unspecified atom stereocenters. The first kappa shape index (κ1) is 15.0. The van der Waals surface area contributed by atoms with E-state index >= 15 is 0 Å². The maximum atomic E-state index is 11.4. The van der Waals surface area contributed by atoms with E-state index in [0.717, 1.165) is 12.8 Å². The quantitative estimate of drug-likeness (QED) is 0.568. The van der Waals surface area contributed by atoms with Crippen molar-refractivity contribution in [3.8, 4) is 0 Å². The van der Waals surface area contributed by atoms with Crippen LogP contribution in [0.25, 0.3) is 0 Å². The molecule has 0 saturated heterocycles. The molecule has 0 saturated carbocycles. The Bertz CT molecular complexity index is 254. The first-order valence-electron chi connectivity index (χ1n) is 5.97. The summed E-state index contributed by atoms with van der Waals surface area (Å²) in [5.41, 5.74) is 0. The van der Waals surface area contributed by atoms with Gasteiger partial charge in [0.1, 0.15) is 17.3 Å². The van der Waals surface area contributed by atoms with E-state index in [1.807, 2.05) is 13.8 Å². The first-order chi connectivity index (χ1) is 7.43. The van der Waals surface area contributed by atoms with Gasteiger partial charge in [-0.05, 0) is 19.8 Å². The summed E-state index contributed by atoms with van der Waals surface area (Å²) in [7, 11) is 0. The van der Waals surface area contributed by atoms with Gasteiger partial charge in [-0.1, -0.05) is 13.8 Å². The average molecular weight is 226 g/mol. The lowest BCUT2D eigenvalue weighted by Gasteiger charge is -2.03. The Morgan fingerprint density at radius 3 is 1.94 bits per heavy atom. The summed E-state index contributed by atoms with van der Waals surface area (Å²) < 4.78 is 0. The lowest BCUT2D eigenvalue weighted by atomic mass is 10.0. The van der Waals surface area contributed by atoms with E-state index < -0.39 is 0 Å². The summed E-state index contributed by atoms with van der Waals surface area (Å²) >= 11 is 0. The number of ketones is 3. The maximum absolute atomic E-state index is 11.4. The summed E-state index contributed by atoms with van der Waals surface area (Å²) in [5, 5.41) is 0. The Morgan fingerprint density at radius 2 is 1.44 bits per heavy atom. The standard InChI is InChI=1S/C13H22O3/c1-10(2)13(16)9-8-12(15)7-5-4-6-11(3)14/h10H,4-9H2,1-3H3. The molecule has 0 atom stereocenters. The van der Waals surface area contributed by atoms with Crippen LogP contribution in [0.1, 0.15) is 59.3 Å². The van der Waals surface area contributed by atoms with Crippen LogP contribution in [0, 0.1) is 5.92 Å². The number of rotatable bonds is 9. The lowest BCUT2D eigenvalue weighted by molar-refractivity contribution is -0.126. The van der Waals surface area contributed by atoms with Crippen molar-refractivity contribution in [1.82, 2.24) is 0 Å². The van der Waals surface area contributed by atoms with Crippen LogP contribution in [0.3, 0.4) is 0 Å². The molecular weight excluding hydrogens is 204 g/mol. The highest BCUT2D eigenvalue weighted by Gasteiger charge is 2.10. The molecule has 0 bridgehead atoms. The Kier molecular flexibility index (Phi) is 7.69. The number of carbonyl (C=O) groups excluding carboxylic acids is 3. The predicted octanol–water partition coefficient (Wildman–Crippen LogP) is 2.71. The number of hydrogen-bond donors (Lipinski definition) is 0. The summed E-state index contributed by atoms with van der Waals surface area (Å²) in [5.74, 6) is 0.475. The number of unbranched alkanes of at least 4 members (excludes halogenated alkanes) is 1. The van der Waals surface area contributed by atoms with Crippen molar-refractivity contribution >= 4 is 17.3 Å². The monoisotopic (exact) mass is 226 g/mol. The topological polar surface area (TPSA) is 51.2 Å². The SMILES string of the molecule is CC(=O)CCCCC(=O)CCC(=O)C(C)C. The average Bonchev–Trinajstić information content (AvgIpc) is 2.20. The third kappa shape index (κ3) is 8.33. The van der Waals surface area contributed by atoms with Crippen LogP contribution in [0.15, 0.2) is 0 Å². The number of carbonyl (C=O) groups is 3. The summed E-state index contributed by atoms with van der Waals surface area (Å²) in [4.78, 5) is 33.3. The molecule has 0 rings (SSSR count). The van der Waals surface area contributed by atoms with Gasteiger partial charge in [0.25, 0.3) is 0 Å². The fourth-order valence-corrected chi connectivity index (χ4v) is 1.37. The van der Waals surface area contributed by atoms with Crippen LogP contribution in [-0.2, 0) is 14.4 Å². The maximum Gasteiger partial charge on any atom is 0.135 e. The third-order valence-corrected chi connectivity index (χ3v) is 2.53. The van der Waals surface area contributed by atoms with Crippen molar-refractivity contribution in [3.05, 3.63) is 0 Å². The molecular formula is C13H22O3. The summed E-state index contributed by atoms with van der Waals surface area (Å²) in [6.07, 6.45) is 3.31. The van der Waals surface area contributed by atoms with Crippen LogP contribution in [0.2, 0.25) is 0 Å². The largest absolute Gasteiger partial charge is 0.300 e. The Morgan fingerprint density at radius 1 is 0.875 bits per heavy atom. The molecule has 3 heteroatoms. The van der Waals surface area contributed by atoms with Gasteiger partial charge in [0, 0.05) is 31.6 Å². The van der Waals surface area contributed by atoms with Gasteiger partial charge >= 0.3 is 0 Å². The minimum Gasteiger partial charge on any atom is -0.300 e. The second-order valence-corrected chi connectivity index (χ2v) is 4.57. The van der Waals surface area contributed by atoms with Gasteiger partial charge < -0.3 is 4.79 Å². The molecule has 0 aromatic carbocycles. The van der Waals surface area contributed by atoms with Gasteiger partial charge in [0.2, 0.25) is 0 Å². The first-order valence-corrected chi connectivity index (χ1v) is 5.97. The van der Waals surface area contributed by atoms with E-state index in [1.54, 1.807) is 6.92 Å². The second-order valence-electron chi connectivity index (χ2n) is 4.57. The smallest absolute Gasteiger partial charge is 0.135 e. The molecule has 92 valence electrons. The molecule has 0 aromatic rings. The molecule has 0 aromatic heterocycles. The van der Waals surface area contributed by atoms with E-state index in [-0.39, 0.29) is 23.3 Å². The summed E-state index contributed by atoms with van der Waals surface area (Å²) in [6, 6.07) is 0. The number of hydrogen-bond acceptors (Lipinski definition) is 3. The van der Waals surface area contributed by atoms with Gasteiger partial charge in [0.05, 0.1) is 0 Å². The van der Waals surface area contributed by atoms with Crippen molar-refractivity contribution in [2.45, 2.75) is 59.3 Å². The van der Waals surface area contributed by atoms with E-state index in [2.05, 4.69) is 0 Å². The molecule has 0 aliphatic heterocycles. The molecule has 0 amide bonds. The zero-order chi connectivity index (χ0) is 12.6. The molecule has 16 heavy (non-hydrogen) atoms. The van der Waals surface area contributed by atoms with Crippen LogP contribution in [-0.4, -0.2) is 17.3 Å². The van der Waals surface area contributed by atoms with Crippen LogP contribution in [0.4, 0.5) is 0 Å². The summed E-state index contributed by atoms with van der Waals surface area (Å²) in [6.45, 7) is 5.25. The van der Waals surface area contributed by atoms with Crippen molar-refractivity contribution in [2.24, 2.45) is 5.92 Å². The van der Waals surface area contributed by atoms with Crippen molar-refractivity contribution in [3.63, 3.8) is 0 Å².